The lowest BCUT2D eigenvalue weighted by Crippen LogP contribution is -2.45. The van der Waals surface area contributed by atoms with Gasteiger partial charge in [-0.05, 0) is 35.2 Å². The van der Waals surface area contributed by atoms with Gasteiger partial charge in [0.1, 0.15) is 0 Å². The Bertz CT molecular complexity index is 550. The van der Waals surface area contributed by atoms with Gasteiger partial charge in [0.05, 0.1) is 27.4 Å². The first-order chi connectivity index (χ1) is 8.96. The van der Waals surface area contributed by atoms with Crippen LogP contribution < -0.4 is 5.32 Å². The van der Waals surface area contributed by atoms with Crippen molar-refractivity contribution >= 4 is 25.8 Å². The molecular formula is C12H20BrN3O2S. The number of hydrogen-bond donors (Lipinski definition) is 1. The zero-order valence-electron chi connectivity index (χ0n) is 11.3. The van der Waals surface area contributed by atoms with E-state index in [9.17, 15) is 8.42 Å². The summed E-state index contributed by atoms with van der Waals surface area (Å²) in [4.78, 5) is 0. The van der Waals surface area contributed by atoms with Crippen LogP contribution in [-0.4, -0.2) is 37.0 Å². The third-order valence-corrected chi connectivity index (χ3v) is 6.01. The van der Waals surface area contributed by atoms with E-state index < -0.39 is 9.84 Å². The number of aryl methyl sites for hydroxylation is 2. The molecule has 2 heterocycles. The van der Waals surface area contributed by atoms with Crippen molar-refractivity contribution in [3.8, 4) is 0 Å². The van der Waals surface area contributed by atoms with Gasteiger partial charge in [0, 0.05) is 19.6 Å². The molecule has 1 saturated heterocycles. The highest BCUT2D eigenvalue weighted by molar-refractivity contribution is 9.10. The lowest BCUT2D eigenvalue weighted by molar-refractivity contribution is 0.378. The minimum absolute atomic E-state index is 0.0743. The highest BCUT2D eigenvalue weighted by Crippen LogP contribution is 2.25. The van der Waals surface area contributed by atoms with Gasteiger partial charge in [0.2, 0.25) is 0 Å². The number of hydrogen-bond acceptors (Lipinski definition) is 4. The first-order valence-corrected chi connectivity index (χ1v) is 9.23. The predicted octanol–water partition coefficient (Wildman–Crippen LogP) is 1.36. The average molecular weight is 350 g/mol. The van der Waals surface area contributed by atoms with Gasteiger partial charge >= 0.3 is 0 Å². The van der Waals surface area contributed by atoms with Gasteiger partial charge in [0.25, 0.3) is 0 Å². The molecule has 0 saturated carbocycles. The fourth-order valence-corrected chi connectivity index (χ4v) is 4.92. The van der Waals surface area contributed by atoms with Gasteiger partial charge < -0.3 is 5.32 Å². The first kappa shape index (κ1) is 15.0. The maximum Gasteiger partial charge on any atom is 0.156 e. The van der Waals surface area contributed by atoms with Gasteiger partial charge in [-0.15, -0.1) is 0 Å². The quantitative estimate of drug-likeness (QED) is 0.842. The molecule has 0 radical (unpaired) electrons. The number of halogens is 1. The van der Waals surface area contributed by atoms with E-state index in [0.717, 1.165) is 35.4 Å². The van der Waals surface area contributed by atoms with Gasteiger partial charge in [-0.3, -0.25) is 4.68 Å². The second-order valence-corrected chi connectivity index (χ2v) is 7.86. The van der Waals surface area contributed by atoms with Crippen molar-refractivity contribution in [1.29, 1.82) is 0 Å². The van der Waals surface area contributed by atoms with E-state index in [1.807, 2.05) is 13.8 Å². The van der Waals surface area contributed by atoms with E-state index in [1.54, 1.807) is 4.68 Å². The molecule has 5 nitrogen and oxygen atoms in total. The van der Waals surface area contributed by atoms with E-state index in [0.29, 0.717) is 6.54 Å². The third-order valence-electron chi connectivity index (χ3n) is 3.41. The summed E-state index contributed by atoms with van der Waals surface area (Å²) in [6, 6.07) is 0. The summed E-state index contributed by atoms with van der Waals surface area (Å²) >= 11 is 3.49. The summed E-state index contributed by atoms with van der Waals surface area (Å²) in [6.07, 6.45) is 0.799. The summed E-state index contributed by atoms with van der Waals surface area (Å²) in [7, 11) is -3.08. The van der Waals surface area contributed by atoms with Crippen molar-refractivity contribution in [2.45, 2.75) is 32.6 Å². The Morgan fingerprint density at radius 2 is 2.11 bits per heavy atom. The molecule has 0 amide bonds. The molecule has 0 bridgehead atoms. The van der Waals surface area contributed by atoms with Crippen LogP contribution in [-0.2, 0) is 28.6 Å². The van der Waals surface area contributed by atoms with E-state index in [1.165, 1.54) is 0 Å². The maximum absolute atomic E-state index is 12.2. The molecule has 7 heteroatoms. The van der Waals surface area contributed by atoms with Crippen LogP contribution in [0, 0.1) is 5.92 Å². The van der Waals surface area contributed by atoms with E-state index >= 15 is 0 Å². The molecule has 0 aromatic carbocycles. The van der Waals surface area contributed by atoms with Crippen molar-refractivity contribution in [3.05, 3.63) is 15.9 Å². The molecule has 0 aliphatic carbocycles. The van der Waals surface area contributed by atoms with E-state index in [-0.39, 0.29) is 17.4 Å². The number of nitrogens with one attached hydrogen (secondary N) is 1. The van der Waals surface area contributed by atoms with E-state index in [4.69, 9.17) is 0 Å². The Balaban J connectivity index is 2.19. The van der Waals surface area contributed by atoms with Crippen LogP contribution in [0.1, 0.15) is 25.2 Å². The summed E-state index contributed by atoms with van der Waals surface area (Å²) in [5.74, 6) is 0.612. The van der Waals surface area contributed by atoms with Crippen LogP contribution in [0.15, 0.2) is 4.47 Å². The minimum atomic E-state index is -3.08. The van der Waals surface area contributed by atoms with Gasteiger partial charge in [-0.2, -0.15) is 5.10 Å². The average Bonchev–Trinajstić information content (AvgIpc) is 2.61. The van der Waals surface area contributed by atoms with Crippen LogP contribution in [0.5, 0.6) is 0 Å². The number of aromatic nitrogens is 2. The molecule has 1 fully saturated rings. The molecule has 0 spiro atoms. The molecule has 1 aromatic rings. The van der Waals surface area contributed by atoms with Crippen molar-refractivity contribution in [2.75, 3.05) is 18.8 Å². The molecule has 2 rings (SSSR count). The minimum Gasteiger partial charge on any atom is -0.316 e. The molecule has 1 aliphatic rings. The number of nitrogens with zero attached hydrogens (tertiary/aromatic N) is 2. The Hall–Kier alpha value is -0.400. The Morgan fingerprint density at radius 1 is 1.42 bits per heavy atom. The number of sulfone groups is 1. The molecule has 108 valence electrons. The maximum atomic E-state index is 12.2. The predicted molar refractivity (Wildman–Crippen MR) is 78.8 cm³/mol. The second-order valence-electron chi connectivity index (χ2n) is 4.96. The number of rotatable bonds is 6. The summed E-state index contributed by atoms with van der Waals surface area (Å²) in [5, 5.41) is 7.54. The lowest BCUT2D eigenvalue weighted by atomic mass is 10.1. The van der Waals surface area contributed by atoms with Gasteiger partial charge in [0.15, 0.2) is 9.84 Å². The topological polar surface area (TPSA) is 64.0 Å². The van der Waals surface area contributed by atoms with Crippen LogP contribution in [0.3, 0.4) is 0 Å². The standard InChI is InChI=1S/C12H20BrN3O2S/c1-3-10-12(13)11(16(4-2)15-10)8-19(17,18)7-9-5-14-6-9/h9,14H,3-8H2,1-2H3. The van der Waals surface area contributed by atoms with E-state index in [2.05, 4.69) is 26.3 Å². The molecule has 0 unspecified atom stereocenters. The van der Waals surface area contributed by atoms with Crippen molar-refractivity contribution in [3.63, 3.8) is 0 Å². The van der Waals surface area contributed by atoms with Crippen LogP contribution in [0.25, 0.3) is 0 Å². The summed E-state index contributed by atoms with van der Waals surface area (Å²) in [6.45, 7) is 6.31. The van der Waals surface area contributed by atoms with Gasteiger partial charge in [-0.1, -0.05) is 6.92 Å². The monoisotopic (exact) mass is 349 g/mol. The normalized spacial score (nSPS) is 16.6. The fraction of sp³-hybridized carbons (Fsp3) is 0.750. The Kier molecular flexibility index (Phi) is 4.68. The van der Waals surface area contributed by atoms with Crippen LogP contribution >= 0.6 is 15.9 Å². The Labute approximate surface area is 122 Å². The van der Waals surface area contributed by atoms with Crippen LogP contribution in [0.4, 0.5) is 0 Å². The zero-order valence-corrected chi connectivity index (χ0v) is 13.7. The first-order valence-electron chi connectivity index (χ1n) is 6.62. The Morgan fingerprint density at radius 3 is 2.58 bits per heavy atom. The molecule has 19 heavy (non-hydrogen) atoms. The molecular weight excluding hydrogens is 330 g/mol. The molecule has 1 N–H and O–H groups in total. The van der Waals surface area contributed by atoms with Crippen molar-refractivity contribution < 1.29 is 8.42 Å². The smallest absolute Gasteiger partial charge is 0.156 e. The zero-order chi connectivity index (χ0) is 14.0. The van der Waals surface area contributed by atoms with Crippen molar-refractivity contribution in [2.24, 2.45) is 5.92 Å². The molecule has 0 atom stereocenters. The van der Waals surface area contributed by atoms with Crippen LogP contribution in [0.2, 0.25) is 0 Å². The summed E-state index contributed by atoms with van der Waals surface area (Å²) < 4.78 is 27.1. The second kappa shape index (κ2) is 5.93. The molecule has 1 aliphatic heterocycles. The van der Waals surface area contributed by atoms with Crippen molar-refractivity contribution in [1.82, 2.24) is 15.1 Å². The molecule has 1 aromatic heterocycles. The fourth-order valence-electron chi connectivity index (χ4n) is 2.25. The lowest BCUT2D eigenvalue weighted by Gasteiger charge is -2.26. The SMILES string of the molecule is CCc1nn(CC)c(CS(=O)(=O)CC2CNC2)c1Br. The summed E-state index contributed by atoms with van der Waals surface area (Å²) in [5.41, 5.74) is 1.71. The third kappa shape index (κ3) is 3.38. The highest BCUT2D eigenvalue weighted by Gasteiger charge is 2.27. The van der Waals surface area contributed by atoms with Gasteiger partial charge in [-0.25, -0.2) is 8.42 Å². The highest BCUT2D eigenvalue weighted by atomic mass is 79.9. The largest absolute Gasteiger partial charge is 0.316 e.